The summed E-state index contributed by atoms with van der Waals surface area (Å²) in [4.78, 5) is 29.8. The number of nitrogens with zero attached hydrogens (tertiary/aromatic N) is 2. The van der Waals surface area contributed by atoms with Gasteiger partial charge in [-0.3, -0.25) is 9.48 Å². The summed E-state index contributed by atoms with van der Waals surface area (Å²) < 4.78 is 29.8. The normalized spacial score (nSPS) is 12.5. The zero-order valence-electron chi connectivity index (χ0n) is 19.6. The first-order valence-electron chi connectivity index (χ1n) is 10.8. The molecule has 2 aromatic carbocycles. The SMILES string of the molecule is Cc1cc(C)c(S(=O)(=O)N[C@@H](C)C(=O)ONC(=O)c2ccc3c(cnn3CCCN)c2)c(C)c1. The van der Waals surface area contributed by atoms with E-state index in [9.17, 15) is 18.0 Å². The molecule has 0 aliphatic heterocycles. The van der Waals surface area contributed by atoms with Gasteiger partial charge in [-0.25, -0.2) is 13.2 Å². The van der Waals surface area contributed by atoms with Gasteiger partial charge in [0.15, 0.2) is 0 Å². The van der Waals surface area contributed by atoms with E-state index in [4.69, 9.17) is 10.6 Å². The largest absolute Gasteiger partial charge is 0.349 e. The molecule has 0 fully saturated rings. The molecule has 0 radical (unpaired) electrons. The number of nitrogens with two attached hydrogens (primary N) is 1. The maximum absolute atomic E-state index is 12.8. The highest BCUT2D eigenvalue weighted by atomic mass is 32.2. The van der Waals surface area contributed by atoms with E-state index in [0.717, 1.165) is 22.9 Å². The summed E-state index contributed by atoms with van der Waals surface area (Å²) in [6.45, 7) is 7.81. The number of carbonyl (C=O) groups is 2. The van der Waals surface area contributed by atoms with E-state index < -0.39 is 27.9 Å². The molecule has 34 heavy (non-hydrogen) atoms. The molecule has 0 unspecified atom stereocenters. The minimum atomic E-state index is -3.98. The van der Waals surface area contributed by atoms with Gasteiger partial charge < -0.3 is 10.6 Å². The van der Waals surface area contributed by atoms with Crippen LogP contribution in [-0.2, 0) is 26.2 Å². The lowest BCUT2D eigenvalue weighted by Gasteiger charge is -2.16. The minimum absolute atomic E-state index is 0.113. The average Bonchev–Trinajstić information content (AvgIpc) is 3.16. The Labute approximate surface area is 198 Å². The second kappa shape index (κ2) is 10.3. The summed E-state index contributed by atoms with van der Waals surface area (Å²) >= 11 is 0. The molecule has 0 saturated heterocycles. The van der Waals surface area contributed by atoms with Gasteiger partial charge in [-0.15, -0.1) is 0 Å². The van der Waals surface area contributed by atoms with Gasteiger partial charge in [0.25, 0.3) is 5.91 Å². The van der Waals surface area contributed by atoms with Gasteiger partial charge in [0.2, 0.25) is 10.0 Å². The second-order valence-corrected chi connectivity index (χ2v) is 9.86. The van der Waals surface area contributed by atoms with Gasteiger partial charge >= 0.3 is 5.97 Å². The van der Waals surface area contributed by atoms with Crippen molar-refractivity contribution in [3.8, 4) is 0 Å². The third-order valence-electron chi connectivity index (χ3n) is 5.28. The van der Waals surface area contributed by atoms with E-state index in [1.165, 1.54) is 6.92 Å². The van der Waals surface area contributed by atoms with Gasteiger partial charge in [-0.05, 0) is 70.0 Å². The molecule has 10 nitrogen and oxygen atoms in total. The molecule has 1 heterocycles. The zero-order chi connectivity index (χ0) is 25.0. The average molecular weight is 488 g/mol. The lowest BCUT2D eigenvalue weighted by Crippen LogP contribution is -2.42. The van der Waals surface area contributed by atoms with Gasteiger partial charge in [0, 0.05) is 17.5 Å². The molecule has 0 spiro atoms. The standard InChI is InChI=1S/C23H29N5O5S/c1-14-10-15(2)21(16(3)11-14)34(31,32)27-17(4)23(30)33-26-22(29)18-6-7-20-19(12-18)13-25-28(20)9-5-8-24/h6-7,10-13,17,27H,5,8-9,24H2,1-4H3,(H,26,29)/t17-/m0/s1. The predicted octanol–water partition coefficient (Wildman–Crippen LogP) is 1.87. The third-order valence-corrected chi connectivity index (χ3v) is 7.13. The summed E-state index contributed by atoms with van der Waals surface area (Å²) in [6, 6.07) is 7.24. The fourth-order valence-electron chi connectivity index (χ4n) is 3.82. The van der Waals surface area contributed by atoms with Crippen molar-refractivity contribution >= 4 is 32.8 Å². The number of hydrogen-bond acceptors (Lipinski definition) is 7. The molecule has 1 amide bonds. The number of benzene rings is 2. The molecule has 0 aliphatic carbocycles. The number of aromatic nitrogens is 2. The molecule has 1 atom stereocenters. The molecule has 11 heteroatoms. The van der Waals surface area contributed by atoms with Crippen LogP contribution in [0, 0.1) is 20.8 Å². The number of carbonyl (C=O) groups excluding carboxylic acids is 2. The fraction of sp³-hybridized carbons (Fsp3) is 0.348. The van der Waals surface area contributed by atoms with Crippen molar-refractivity contribution in [1.29, 1.82) is 0 Å². The number of sulfonamides is 1. The highest BCUT2D eigenvalue weighted by molar-refractivity contribution is 7.89. The molecule has 0 bridgehead atoms. The molecular formula is C23H29N5O5S. The Morgan fingerprint density at radius 2 is 1.82 bits per heavy atom. The molecule has 0 aliphatic rings. The summed E-state index contributed by atoms with van der Waals surface area (Å²) in [5, 5.41) is 5.04. The van der Waals surface area contributed by atoms with Crippen LogP contribution in [0.3, 0.4) is 0 Å². The Bertz CT molecular complexity index is 1310. The maximum atomic E-state index is 12.8. The molecule has 3 aromatic rings. The summed E-state index contributed by atoms with van der Waals surface area (Å²) in [6.07, 6.45) is 2.42. The summed E-state index contributed by atoms with van der Waals surface area (Å²) in [5.41, 5.74) is 10.8. The number of fused-ring (bicyclic) bond motifs is 1. The first-order valence-corrected chi connectivity index (χ1v) is 12.3. The second-order valence-electron chi connectivity index (χ2n) is 8.21. The number of hydroxylamine groups is 1. The minimum Gasteiger partial charge on any atom is -0.339 e. The van der Waals surface area contributed by atoms with Crippen LogP contribution in [0.2, 0.25) is 0 Å². The van der Waals surface area contributed by atoms with E-state index in [0.29, 0.717) is 24.2 Å². The zero-order valence-corrected chi connectivity index (χ0v) is 20.4. The first-order chi connectivity index (χ1) is 16.0. The van der Waals surface area contributed by atoms with Crippen molar-refractivity contribution in [2.75, 3.05) is 6.54 Å². The number of amides is 1. The van der Waals surface area contributed by atoms with Gasteiger partial charge in [0.1, 0.15) is 6.04 Å². The predicted molar refractivity (Wildman–Crippen MR) is 127 cm³/mol. The van der Waals surface area contributed by atoms with E-state index in [1.807, 2.05) is 6.92 Å². The highest BCUT2D eigenvalue weighted by Gasteiger charge is 2.26. The number of nitrogens with one attached hydrogen (secondary N) is 2. The monoisotopic (exact) mass is 487 g/mol. The van der Waals surface area contributed by atoms with Crippen molar-refractivity contribution in [1.82, 2.24) is 20.0 Å². The Kier molecular flexibility index (Phi) is 7.70. The molecule has 0 saturated carbocycles. The fourth-order valence-corrected chi connectivity index (χ4v) is 5.47. The molecule has 3 rings (SSSR count). The number of aryl methyl sites for hydroxylation is 4. The maximum Gasteiger partial charge on any atom is 0.349 e. The van der Waals surface area contributed by atoms with Gasteiger partial charge in [-0.2, -0.15) is 15.3 Å². The Hall–Kier alpha value is -3.28. The van der Waals surface area contributed by atoms with Gasteiger partial charge in [-0.1, -0.05) is 17.7 Å². The third kappa shape index (κ3) is 5.61. The number of rotatable bonds is 8. The van der Waals surface area contributed by atoms with Crippen LogP contribution < -0.4 is 15.9 Å². The van der Waals surface area contributed by atoms with Crippen LogP contribution in [0.4, 0.5) is 0 Å². The van der Waals surface area contributed by atoms with Crippen LogP contribution in [0.25, 0.3) is 10.9 Å². The van der Waals surface area contributed by atoms with E-state index in [1.54, 1.807) is 55.1 Å². The van der Waals surface area contributed by atoms with Crippen LogP contribution in [-0.4, -0.2) is 42.7 Å². The van der Waals surface area contributed by atoms with Crippen LogP contribution in [0.5, 0.6) is 0 Å². The van der Waals surface area contributed by atoms with Crippen molar-refractivity contribution in [2.45, 2.75) is 51.6 Å². The van der Waals surface area contributed by atoms with Crippen LogP contribution in [0.15, 0.2) is 41.4 Å². The van der Waals surface area contributed by atoms with Crippen molar-refractivity contribution in [3.05, 3.63) is 58.8 Å². The van der Waals surface area contributed by atoms with Crippen molar-refractivity contribution in [2.24, 2.45) is 5.73 Å². The van der Waals surface area contributed by atoms with E-state index in [-0.39, 0.29) is 10.5 Å². The summed E-state index contributed by atoms with van der Waals surface area (Å²) in [7, 11) is -3.98. The topological polar surface area (TPSA) is 145 Å². The number of hydrogen-bond donors (Lipinski definition) is 3. The Morgan fingerprint density at radius 3 is 2.47 bits per heavy atom. The van der Waals surface area contributed by atoms with Gasteiger partial charge in [0.05, 0.1) is 16.6 Å². The summed E-state index contributed by atoms with van der Waals surface area (Å²) in [5.74, 6) is -1.60. The quantitative estimate of drug-likeness (QED) is 0.411. The highest BCUT2D eigenvalue weighted by Crippen LogP contribution is 2.22. The first kappa shape index (κ1) is 25.3. The molecule has 182 valence electrons. The lowest BCUT2D eigenvalue weighted by molar-refractivity contribution is -0.150. The molecular weight excluding hydrogens is 458 g/mol. The lowest BCUT2D eigenvalue weighted by atomic mass is 10.1. The van der Waals surface area contributed by atoms with Crippen LogP contribution >= 0.6 is 0 Å². The van der Waals surface area contributed by atoms with E-state index in [2.05, 4.69) is 15.3 Å². The molecule has 4 N–H and O–H groups in total. The smallest absolute Gasteiger partial charge is 0.339 e. The van der Waals surface area contributed by atoms with Crippen molar-refractivity contribution < 1.29 is 22.8 Å². The van der Waals surface area contributed by atoms with E-state index >= 15 is 0 Å². The van der Waals surface area contributed by atoms with Crippen LogP contribution in [0.1, 0.15) is 40.4 Å². The molecule has 1 aromatic heterocycles. The van der Waals surface area contributed by atoms with Crippen molar-refractivity contribution in [3.63, 3.8) is 0 Å². The Morgan fingerprint density at radius 1 is 1.15 bits per heavy atom. The Balaban J connectivity index is 1.63.